The molecule has 1 saturated heterocycles. The lowest BCUT2D eigenvalue weighted by Gasteiger charge is -2.34. The lowest BCUT2D eigenvalue weighted by Crippen LogP contribution is -2.41. The Bertz CT molecular complexity index is 151. The summed E-state index contributed by atoms with van der Waals surface area (Å²) in [5, 5.41) is 9.09. The van der Waals surface area contributed by atoms with E-state index in [1.54, 1.807) is 0 Å². The Kier molecular flexibility index (Phi) is 3.74. The maximum Gasteiger partial charge on any atom is 0.0459 e. The van der Waals surface area contributed by atoms with Crippen molar-refractivity contribution in [3.8, 4) is 0 Å². The lowest BCUT2D eigenvalue weighted by atomic mass is 10.0. The molecule has 0 radical (unpaired) electrons. The average Bonchev–Trinajstić information content (AvgIpc) is 2.26. The summed E-state index contributed by atoms with van der Waals surface area (Å²) in [5.41, 5.74) is 0.296. The highest BCUT2D eigenvalue weighted by Gasteiger charge is 2.24. The van der Waals surface area contributed by atoms with Crippen molar-refractivity contribution in [2.45, 2.75) is 45.6 Å². The van der Waals surface area contributed by atoms with Crippen LogP contribution in [0.25, 0.3) is 0 Å². The first-order valence-corrected chi connectivity index (χ1v) is 5.40. The largest absolute Gasteiger partial charge is 0.396 e. The van der Waals surface area contributed by atoms with Crippen LogP contribution in [0.4, 0.5) is 0 Å². The zero-order chi connectivity index (χ0) is 9.90. The molecule has 0 spiro atoms. The Morgan fingerprint density at radius 3 is 2.46 bits per heavy atom. The van der Waals surface area contributed by atoms with E-state index in [1.165, 1.54) is 19.4 Å². The quantitative estimate of drug-likeness (QED) is 0.674. The van der Waals surface area contributed by atoms with Crippen molar-refractivity contribution in [1.82, 2.24) is 4.90 Å². The fraction of sp³-hybridized carbons (Fsp3) is 1.00. The molecule has 2 heteroatoms. The number of aliphatic hydroxyl groups excluding tert-OH is 1. The van der Waals surface area contributed by atoms with Crippen molar-refractivity contribution in [3.63, 3.8) is 0 Å². The zero-order valence-electron chi connectivity index (χ0n) is 9.21. The SMILES string of the molecule is CC(C)(C)N1CCCC(CO)CC1. The average molecular weight is 185 g/mol. The van der Waals surface area contributed by atoms with Gasteiger partial charge in [0, 0.05) is 12.1 Å². The van der Waals surface area contributed by atoms with Crippen LogP contribution in [0.15, 0.2) is 0 Å². The van der Waals surface area contributed by atoms with Crippen molar-refractivity contribution < 1.29 is 5.11 Å². The van der Waals surface area contributed by atoms with Gasteiger partial charge in [-0.2, -0.15) is 0 Å². The van der Waals surface area contributed by atoms with Crippen LogP contribution in [0.1, 0.15) is 40.0 Å². The molecule has 0 aromatic rings. The highest BCUT2D eigenvalue weighted by Crippen LogP contribution is 2.22. The van der Waals surface area contributed by atoms with E-state index in [9.17, 15) is 0 Å². The second-order valence-corrected chi connectivity index (χ2v) is 5.14. The van der Waals surface area contributed by atoms with Crippen LogP contribution >= 0.6 is 0 Å². The molecule has 0 aromatic heterocycles. The molecule has 1 rings (SSSR count). The van der Waals surface area contributed by atoms with E-state index in [0.717, 1.165) is 13.0 Å². The molecule has 2 nitrogen and oxygen atoms in total. The highest BCUT2D eigenvalue weighted by molar-refractivity contribution is 4.79. The van der Waals surface area contributed by atoms with Gasteiger partial charge in [-0.25, -0.2) is 0 Å². The van der Waals surface area contributed by atoms with Gasteiger partial charge in [-0.1, -0.05) is 0 Å². The van der Waals surface area contributed by atoms with Crippen molar-refractivity contribution in [1.29, 1.82) is 0 Å². The van der Waals surface area contributed by atoms with E-state index in [2.05, 4.69) is 25.7 Å². The number of nitrogens with zero attached hydrogens (tertiary/aromatic N) is 1. The fourth-order valence-electron chi connectivity index (χ4n) is 2.02. The molecule has 78 valence electrons. The first-order valence-electron chi connectivity index (χ1n) is 5.40. The predicted octanol–water partition coefficient (Wildman–Crippen LogP) is 1.88. The summed E-state index contributed by atoms with van der Waals surface area (Å²) < 4.78 is 0. The molecule has 0 amide bonds. The summed E-state index contributed by atoms with van der Waals surface area (Å²) in [6, 6.07) is 0. The van der Waals surface area contributed by atoms with Gasteiger partial charge in [0.2, 0.25) is 0 Å². The van der Waals surface area contributed by atoms with Gasteiger partial charge in [-0.15, -0.1) is 0 Å². The molecule has 13 heavy (non-hydrogen) atoms. The molecule has 0 aliphatic carbocycles. The van der Waals surface area contributed by atoms with E-state index in [-0.39, 0.29) is 0 Å². The normalized spacial score (nSPS) is 27.2. The topological polar surface area (TPSA) is 23.5 Å². The Balaban J connectivity index is 2.45. The summed E-state index contributed by atoms with van der Waals surface area (Å²) in [6.07, 6.45) is 3.60. The molecule has 1 fully saturated rings. The van der Waals surface area contributed by atoms with Crippen molar-refractivity contribution in [2.75, 3.05) is 19.7 Å². The van der Waals surface area contributed by atoms with Gasteiger partial charge < -0.3 is 5.11 Å². The van der Waals surface area contributed by atoms with Crippen LogP contribution in [0.2, 0.25) is 0 Å². The fourth-order valence-corrected chi connectivity index (χ4v) is 2.02. The second-order valence-electron chi connectivity index (χ2n) is 5.14. The van der Waals surface area contributed by atoms with E-state index >= 15 is 0 Å². The minimum atomic E-state index is 0.296. The van der Waals surface area contributed by atoms with Gasteiger partial charge in [-0.3, -0.25) is 4.90 Å². The number of hydrogen-bond donors (Lipinski definition) is 1. The molecule has 1 atom stereocenters. The van der Waals surface area contributed by atoms with Gasteiger partial charge in [0.1, 0.15) is 0 Å². The zero-order valence-corrected chi connectivity index (χ0v) is 9.21. The summed E-state index contributed by atoms with van der Waals surface area (Å²) in [5.74, 6) is 0.548. The third-order valence-corrected chi connectivity index (χ3v) is 3.05. The molecule has 1 aliphatic heterocycles. The Hall–Kier alpha value is -0.0800. The monoisotopic (exact) mass is 185 g/mol. The minimum Gasteiger partial charge on any atom is -0.396 e. The summed E-state index contributed by atoms with van der Waals surface area (Å²) in [7, 11) is 0. The van der Waals surface area contributed by atoms with E-state index in [4.69, 9.17) is 5.11 Å². The summed E-state index contributed by atoms with van der Waals surface area (Å²) >= 11 is 0. The van der Waals surface area contributed by atoms with Gasteiger partial charge in [0.15, 0.2) is 0 Å². The number of rotatable bonds is 1. The molecule has 1 heterocycles. The molecular formula is C11H23NO. The third kappa shape index (κ3) is 3.28. The van der Waals surface area contributed by atoms with E-state index in [1.807, 2.05) is 0 Å². The van der Waals surface area contributed by atoms with Crippen LogP contribution < -0.4 is 0 Å². The lowest BCUT2D eigenvalue weighted by molar-refractivity contribution is 0.137. The molecule has 1 unspecified atom stereocenters. The number of aliphatic hydroxyl groups is 1. The Morgan fingerprint density at radius 2 is 1.92 bits per heavy atom. The molecule has 0 bridgehead atoms. The van der Waals surface area contributed by atoms with Crippen LogP contribution in [-0.4, -0.2) is 35.2 Å². The van der Waals surface area contributed by atoms with Gasteiger partial charge in [0.05, 0.1) is 0 Å². The van der Waals surface area contributed by atoms with Crippen LogP contribution in [0, 0.1) is 5.92 Å². The van der Waals surface area contributed by atoms with E-state index in [0.29, 0.717) is 18.1 Å². The molecular weight excluding hydrogens is 162 g/mol. The number of likely N-dealkylation sites (tertiary alicyclic amines) is 1. The van der Waals surface area contributed by atoms with Crippen molar-refractivity contribution in [2.24, 2.45) is 5.92 Å². The minimum absolute atomic E-state index is 0.296. The van der Waals surface area contributed by atoms with Gasteiger partial charge >= 0.3 is 0 Å². The molecule has 0 saturated carbocycles. The smallest absolute Gasteiger partial charge is 0.0459 e. The summed E-state index contributed by atoms with van der Waals surface area (Å²) in [6.45, 7) is 9.53. The van der Waals surface area contributed by atoms with Crippen molar-refractivity contribution >= 4 is 0 Å². The van der Waals surface area contributed by atoms with Gasteiger partial charge in [-0.05, 0) is 59.0 Å². The number of hydrogen-bond acceptors (Lipinski definition) is 2. The molecule has 1 aliphatic rings. The van der Waals surface area contributed by atoms with Crippen LogP contribution in [0.5, 0.6) is 0 Å². The Morgan fingerprint density at radius 1 is 1.23 bits per heavy atom. The predicted molar refractivity (Wildman–Crippen MR) is 55.8 cm³/mol. The van der Waals surface area contributed by atoms with Crippen LogP contribution in [-0.2, 0) is 0 Å². The molecule has 1 N–H and O–H groups in total. The third-order valence-electron chi connectivity index (χ3n) is 3.05. The maximum absolute atomic E-state index is 9.09. The van der Waals surface area contributed by atoms with Crippen LogP contribution in [0.3, 0.4) is 0 Å². The van der Waals surface area contributed by atoms with E-state index < -0.39 is 0 Å². The molecule has 0 aromatic carbocycles. The first-order chi connectivity index (χ1) is 6.04. The van der Waals surface area contributed by atoms with Crippen molar-refractivity contribution in [3.05, 3.63) is 0 Å². The second kappa shape index (κ2) is 4.43. The first kappa shape index (κ1) is 11.0. The maximum atomic E-state index is 9.09. The standard InChI is InChI=1S/C11H23NO/c1-11(2,3)12-7-4-5-10(9-13)6-8-12/h10,13H,4-9H2,1-3H3. The summed E-state index contributed by atoms with van der Waals surface area (Å²) in [4.78, 5) is 2.53. The van der Waals surface area contributed by atoms with Gasteiger partial charge in [0.25, 0.3) is 0 Å². The highest BCUT2D eigenvalue weighted by atomic mass is 16.3. The Labute approximate surface area is 81.9 Å².